The summed E-state index contributed by atoms with van der Waals surface area (Å²) in [6.45, 7) is 4.61. The molecule has 0 aliphatic carbocycles. The molecular formula is C18H20ClF3N4O2. The van der Waals surface area contributed by atoms with Gasteiger partial charge in [-0.25, -0.2) is 0 Å². The molecule has 28 heavy (non-hydrogen) atoms. The summed E-state index contributed by atoms with van der Waals surface area (Å²) in [5.74, 6) is -1.13. The summed E-state index contributed by atoms with van der Waals surface area (Å²) in [5.41, 5.74) is -1.18. The molecule has 1 aromatic heterocycles. The van der Waals surface area contributed by atoms with Crippen LogP contribution in [0.4, 0.5) is 18.9 Å². The van der Waals surface area contributed by atoms with Gasteiger partial charge in [0.25, 0.3) is 5.91 Å². The fourth-order valence-electron chi connectivity index (χ4n) is 2.82. The van der Waals surface area contributed by atoms with Gasteiger partial charge in [-0.3, -0.25) is 14.3 Å². The second-order valence-corrected chi connectivity index (χ2v) is 6.67. The number of carbonyl (C=O) groups excluding carboxylic acids is 2. The Kier molecular flexibility index (Phi) is 6.38. The summed E-state index contributed by atoms with van der Waals surface area (Å²) in [4.78, 5) is 24.1. The van der Waals surface area contributed by atoms with Crippen LogP contribution >= 0.6 is 11.6 Å². The predicted molar refractivity (Wildman–Crippen MR) is 99.2 cm³/mol. The third-order valence-electron chi connectivity index (χ3n) is 4.14. The van der Waals surface area contributed by atoms with Crippen LogP contribution in [0.5, 0.6) is 0 Å². The van der Waals surface area contributed by atoms with Crippen LogP contribution in [0.2, 0.25) is 5.02 Å². The van der Waals surface area contributed by atoms with E-state index in [1.165, 1.54) is 32.2 Å². The number of halogens is 4. The first kappa shape index (κ1) is 21.7. The maximum atomic E-state index is 13.3. The second-order valence-electron chi connectivity index (χ2n) is 6.26. The van der Waals surface area contributed by atoms with Crippen molar-refractivity contribution >= 4 is 29.1 Å². The molecule has 2 N–H and O–H groups in total. The van der Waals surface area contributed by atoms with Crippen molar-refractivity contribution in [2.75, 3.05) is 5.32 Å². The van der Waals surface area contributed by atoms with E-state index in [0.717, 1.165) is 4.68 Å². The fourth-order valence-corrected chi connectivity index (χ4v) is 3.10. The highest BCUT2D eigenvalue weighted by molar-refractivity contribution is 6.31. The van der Waals surface area contributed by atoms with Crippen molar-refractivity contribution in [3.05, 3.63) is 45.7 Å². The Labute approximate surface area is 165 Å². The zero-order chi connectivity index (χ0) is 21.2. The number of aryl methyl sites for hydroxylation is 2. The number of nitrogens with zero attached hydrogens (tertiary/aromatic N) is 2. The van der Waals surface area contributed by atoms with Gasteiger partial charge in [-0.1, -0.05) is 18.5 Å². The number of rotatable bonds is 5. The zero-order valence-electron chi connectivity index (χ0n) is 15.7. The quantitative estimate of drug-likeness (QED) is 0.765. The van der Waals surface area contributed by atoms with Crippen LogP contribution in [0.25, 0.3) is 0 Å². The van der Waals surface area contributed by atoms with Crippen LogP contribution in [-0.4, -0.2) is 21.6 Å². The van der Waals surface area contributed by atoms with Crippen LogP contribution < -0.4 is 10.6 Å². The number of hydrogen-bond acceptors (Lipinski definition) is 3. The van der Waals surface area contributed by atoms with Gasteiger partial charge in [-0.15, -0.1) is 0 Å². The maximum absolute atomic E-state index is 13.3. The molecule has 0 radical (unpaired) electrons. The van der Waals surface area contributed by atoms with Crippen molar-refractivity contribution in [3.63, 3.8) is 0 Å². The van der Waals surface area contributed by atoms with Crippen LogP contribution in [0.15, 0.2) is 18.2 Å². The topological polar surface area (TPSA) is 76.0 Å². The summed E-state index contributed by atoms with van der Waals surface area (Å²) in [6, 6.07) is 4.04. The standard InChI is InChI=1S/C18H20ClF3N4O2/c1-5-14(27)23-9(2)12-8-11(6-7-13(12)19)24-17(28)16-15(18(20,21)22)10(3)25-26(16)4/h6-9H,5H2,1-4H3,(H,23,27)(H,24,28). The number of alkyl halides is 3. The number of carbonyl (C=O) groups is 2. The van der Waals surface area contributed by atoms with Crippen molar-refractivity contribution in [1.82, 2.24) is 15.1 Å². The number of nitrogens with one attached hydrogen (secondary N) is 2. The average Bonchev–Trinajstić information content (AvgIpc) is 2.90. The molecule has 1 atom stereocenters. The Balaban J connectivity index is 2.34. The Bertz CT molecular complexity index is 909. The molecule has 0 aliphatic heterocycles. The van der Waals surface area contributed by atoms with Crippen LogP contribution in [-0.2, 0) is 18.0 Å². The second kappa shape index (κ2) is 8.22. The average molecular weight is 417 g/mol. The Hall–Kier alpha value is -2.55. The highest BCUT2D eigenvalue weighted by Crippen LogP contribution is 2.35. The molecule has 0 saturated heterocycles. The minimum atomic E-state index is -4.71. The molecule has 2 amide bonds. The Morgan fingerprint density at radius 2 is 1.96 bits per heavy atom. The summed E-state index contributed by atoms with van der Waals surface area (Å²) in [6.07, 6.45) is -4.42. The molecule has 0 bridgehead atoms. The van der Waals surface area contributed by atoms with E-state index in [0.29, 0.717) is 17.0 Å². The predicted octanol–water partition coefficient (Wildman–Crippen LogP) is 4.24. The van der Waals surface area contributed by atoms with E-state index in [-0.39, 0.29) is 17.3 Å². The highest BCUT2D eigenvalue weighted by Gasteiger charge is 2.40. The first-order chi connectivity index (χ1) is 13.0. The van der Waals surface area contributed by atoms with Gasteiger partial charge in [0, 0.05) is 24.2 Å². The first-order valence-electron chi connectivity index (χ1n) is 8.46. The van der Waals surface area contributed by atoms with Crippen molar-refractivity contribution < 1.29 is 22.8 Å². The van der Waals surface area contributed by atoms with Crippen molar-refractivity contribution in [1.29, 1.82) is 0 Å². The number of hydrogen-bond donors (Lipinski definition) is 2. The fraction of sp³-hybridized carbons (Fsp3) is 0.389. The van der Waals surface area contributed by atoms with Crippen LogP contribution in [0.1, 0.15) is 53.6 Å². The number of anilines is 1. The molecule has 0 saturated carbocycles. The third-order valence-corrected chi connectivity index (χ3v) is 4.48. The summed E-state index contributed by atoms with van der Waals surface area (Å²) < 4.78 is 40.8. The van der Waals surface area contributed by atoms with E-state index < -0.39 is 29.4 Å². The van der Waals surface area contributed by atoms with Gasteiger partial charge in [0.15, 0.2) is 0 Å². The van der Waals surface area contributed by atoms with Crippen LogP contribution in [0, 0.1) is 6.92 Å². The molecule has 0 aliphatic rings. The highest BCUT2D eigenvalue weighted by atomic mass is 35.5. The molecule has 0 fully saturated rings. The lowest BCUT2D eigenvalue weighted by molar-refractivity contribution is -0.138. The van der Waals surface area contributed by atoms with Crippen molar-refractivity contribution in [2.24, 2.45) is 7.05 Å². The first-order valence-corrected chi connectivity index (χ1v) is 8.84. The molecule has 1 unspecified atom stereocenters. The molecular weight excluding hydrogens is 397 g/mol. The Morgan fingerprint density at radius 3 is 2.54 bits per heavy atom. The van der Waals surface area contributed by atoms with E-state index in [9.17, 15) is 22.8 Å². The van der Waals surface area contributed by atoms with Gasteiger partial charge in [0.05, 0.1) is 11.7 Å². The van der Waals surface area contributed by atoms with Gasteiger partial charge in [-0.2, -0.15) is 18.3 Å². The van der Waals surface area contributed by atoms with E-state index in [1.54, 1.807) is 13.8 Å². The largest absolute Gasteiger partial charge is 0.420 e. The number of aromatic nitrogens is 2. The minimum absolute atomic E-state index is 0.182. The van der Waals surface area contributed by atoms with Crippen LogP contribution in [0.3, 0.4) is 0 Å². The molecule has 2 rings (SSSR count). The van der Waals surface area contributed by atoms with Gasteiger partial charge < -0.3 is 10.6 Å². The summed E-state index contributed by atoms with van der Waals surface area (Å²) in [7, 11) is 1.27. The lowest BCUT2D eigenvalue weighted by atomic mass is 10.1. The van der Waals surface area contributed by atoms with Gasteiger partial charge >= 0.3 is 6.18 Å². The van der Waals surface area contributed by atoms with Gasteiger partial charge in [0.2, 0.25) is 5.91 Å². The minimum Gasteiger partial charge on any atom is -0.350 e. The number of amides is 2. The molecule has 1 heterocycles. The van der Waals surface area contributed by atoms with E-state index in [4.69, 9.17) is 11.6 Å². The van der Waals surface area contributed by atoms with Gasteiger partial charge in [0.1, 0.15) is 11.3 Å². The lowest BCUT2D eigenvalue weighted by Gasteiger charge is -2.17. The van der Waals surface area contributed by atoms with E-state index >= 15 is 0 Å². The monoisotopic (exact) mass is 416 g/mol. The molecule has 0 spiro atoms. The maximum Gasteiger partial charge on any atom is 0.420 e. The molecule has 2 aromatic rings. The molecule has 152 valence electrons. The van der Waals surface area contributed by atoms with E-state index in [1.807, 2.05) is 0 Å². The Morgan fingerprint density at radius 1 is 1.32 bits per heavy atom. The number of benzene rings is 1. The van der Waals surface area contributed by atoms with Crippen molar-refractivity contribution in [2.45, 2.75) is 39.4 Å². The smallest absolute Gasteiger partial charge is 0.350 e. The molecule has 1 aromatic carbocycles. The van der Waals surface area contributed by atoms with E-state index in [2.05, 4.69) is 15.7 Å². The lowest BCUT2D eigenvalue weighted by Crippen LogP contribution is -2.26. The SMILES string of the molecule is CCC(=O)NC(C)c1cc(NC(=O)c2c(C(F)(F)F)c(C)nn2C)ccc1Cl. The normalized spacial score (nSPS) is 12.6. The third kappa shape index (κ3) is 4.64. The summed E-state index contributed by atoms with van der Waals surface area (Å²) >= 11 is 6.16. The zero-order valence-corrected chi connectivity index (χ0v) is 16.5. The van der Waals surface area contributed by atoms with Gasteiger partial charge in [-0.05, 0) is 37.6 Å². The molecule has 10 heteroatoms. The summed E-state index contributed by atoms with van der Waals surface area (Å²) in [5, 5.41) is 9.25. The molecule has 6 nitrogen and oxygen atoms in total. The van der Waals surface area contributed by atoms with Crippen molar-refractivity contribution in [3.8, 4) is 0 Å².